The molecule has 1 aromatic carbocycles. The van der Waals surface area contributed by atoms with Crippen molar-refractivity contribution in [1.29, 1.82) is 5.26 Å². The van der Waals surface area contributed by atoms with Gasteiger partial charge in [-0.3, -0.25) is 9.69 Å². The number of rotatable bonds is 5. The van der Waals surface area contributed by atoms with Crippen LogP contribution in [0.2, 0.25) is 0 Å². The number of hydrogen-bond donors (Lipinski definition) is 1. The van der Waals surface area contributed by atoms with Crippen molar-refractivity contribution in [2.75, 3.05) is 4.90 Å². The normalized spacial score (nSPS) is 21.8. The van der Waals surface area contributed by atoms with Gasteiger partial charge in [0.15, 0.2) is 10.1 Å². The monoisotopic (exact) mass is 489 g/mol. The van der Waals surface area contributed by atoms with Crippen LogP contribution in [-0.4, -0.2) is 21.2 Å². The van der Waals surface area contributed by atoms with E-state index in [0.29, 0.717) is 33.8 Å². The highest BCUT2D eigenvalue weighted by atomic mass is 32.2. The molecule has 6 nitrogen and oxygen atoms in total. The SMILES string of the molecule is N#CC1=C(N)N(c2nnc(SC3CCCCC3)s2)C2=C(C(=O)CCC2)C1/C=C/c1ccccc1. The number of hydrogen-bond acceptors (Lipinski definition) is 8. The summed E-state index contributed by atoms with van der Waals surface area (Å²) in [5.41, 5.74) is 9.54. The Bertz CT molecular complexity index is 1200. The van der Waals surface area contributed by atoms with E-state index in [2.05, 4.69) is 16.3 Å². The minimum Gasteiger partial charge on any atom is -0.384 e. The molecule has 1 aromatic heterocycles. The largest absolute Gasteiger partial charge is 0.384 e. The predicted octanol–water partition coefficient (Wildman–Crippen LogP) is 5.81. The number of carbonyl (C=O) groups excluding carboxylic acids is 1. The number of ketones is 1. The number of nitrogens with zero attached hydrogens (tertiary/aromatic N) is 4. The van der Waals surface area contributed by atoms with Crippen LogP contribution in [0.25, 0.3) is 6.08 Å². The molecule has 2 aliphatic carbocycles. The Morgan fingerprint density at radius 1 is 1.12 bits per heavy atom. The lowest BCUT2D eigenvalue weighted by Gasteiger charge is -2.37. The molecule has 8 heteroatoms. The number of allylic oxidation sites excluding steroid dienone is 4. The van der Waals surface area contributed by atoms with E-state index >= 15 is 0 Å². The standard InChI is InChI=1S/C26H27N5OS2/c27-16-20-19(15-14-17-8-3-1-4-9-17)23-21(12-7-13-22(23)32)31(24(20)28)25-29-30-26(34-25)33-18-10-5-2-6-11-18/h1,3-4,8-9,14-15,18-19H,2,5-7,10-13,28H2/b15-14+. The van der Waals surface area contributed by atoms with Gasteiger partial charge >= 0.3 is 0 Å². The van der Waals surface area contributed by atoms with Gasteiger partial charge in [0.25, 0.3) is 0 Å². The van der Waals surface area contributed by atoms with Crippen molar-refractivity contribution < 1.29 is 4.79 Å². The summed E-state index contributed by atoms with van der Waals surface area (Å²) in [6.45, 7) is 0. The average molecular weight is 490 g/mol. The molecule has 2 aromatic rings. The summed E-state index contributed by atoms with van der Waals surface area (Å²) < 4.78 is 0.920. The van der Waals surface area contributed by atoms with E-state index in [4.69, 9.17) is 5.73 Å². The second-order valence-electron chi connectivity index (χ2n) is 8.86. The third-order valence-electron chi connectivity index (χ3n) is 6.65. The van der Waals surface area contributed by atoms with Crippen molar-refractivity contribution in [2.45, 2.75) is 61.0 Å². The Balaban J connectivity index is 1.51. The van der Waals surface area contributed by atoms with Crippen molar-refractivity contribution in [2.24, 2.45) is 11.7 Å². The van der Waals surface area contributed by atoms with Gasteiger partial charge in [0.2, 0.25) is 5.13 Å². The summed E-state index contributed by atoms with van der Waals surface area (Å²) in [5, 5.41) is 20.2. The molecule has 0 spiro atoms. The summed E-state index contributed by atoms with van der Waals surface area (Å²) >= 11 is 3.29. The number of benzene rings is 1. The quantitative estimate of drug-likeness (QED) is 0.566. The van der Waals surface area contributed by atoms with Crippen LogP contribution in [0.1, 0.15) is 56.9 Å². The maximum atomic E-state index is 13.1. The van der Waals surface area contributed by atoms with Crippen molar-refractivity contribution in [3.63, 3.8) is 0 Å². The molecule has 1 aliphatic heterocycles. The zero-order chi connectivity index (χ0) is 23.5. The number of nitriles is 1. The van der Waals surface area contributed by atoms with E-state index in [-0.39, 0.29) is 5.78 Å². The molecule has 34 heavy (non-hydrogen) atoms. The molecule has 0 saturated heterocycles. The van der Waals surface area contributed by atoms with E-state index in [1.165, 1.54) is 43.4 Å². The van der Waals surface area contributed by atoms with Crippen LogP contribution in [0.5, 0.6) is 0 Å². The Hall–Kier alpha value is -2.89. The Morgan fingerprint density at radius 3 is 2.68 bits per heavy atom. The van der Waals surface area contributed by atoms with Gasteiger partial charge in [-0.1, -0.05) is 84.8 Å². The molecule has 2 heterocycles. The van der Waals surface area contributed by atoms with Crippen LogP contribution in [0.4, 0.5) is 5.13 Å². The number of anilines is 1. The first kappa shape index (κ1) is 22.9. The van der Waals surface area contributed by atoms with E-state index in [1.54, 1.807) is 11.8 Å². The lowest BCUT2D eigenvalue weighted by atomic mass is 9.79. The summed E-state index contributed by atoms with van der Waals surface area (Å²) in [4.78, 5) is 15.0. The highest BCUT2D eigenvalue weighted by Crippen LogP contribution is 2.45. The first-order valence-electron chi connectivity index (χ1n) is 11.8. The molecule has 0 radical (unpaired) electrons. The molecule has 0 amide bonds. The van der Waals surface area contributed by atoms with E-state index in [0.717, 1.165) is 28.4 Å². The summed E-state index contributed by atoms with van der Waals surface area (Å²) in [6, 6.07) is 12.2. The highest BCUT2D eigenvalue weighted by Gasteiger charge is 2.39. The van der Waals surface area contributed by atoms with E-state index < -0.39 is 5.92 Å². The number of aromatic nitrogens is 2. The topological polar surface area (TPSA) is 95.9 Å². The molecule has 1 atom stereocenters. The average Bonchev–Trinajstić information content (AvgIpc) is 3.31. The number of carbonyl (C=O) groups is 1. The van der Waals surface area contributed by atoms with Crippen LogP contribution in [-0.2, 0) is 4.79 Å². The van der Waals surface area contributed by atoms with Gasteiger partial charge in [-0.25, -0.2) is 0 Å². The smallest absolute Gasteiger partial charge is 0.219 e. The van der Waals surface area contributed by atoms with Crippen molar-refractivity contribution in [1.82, 2.24) is 10.2 Å². The van der Waals surface area contributed by atoms with Gasteiger partial charge in [-0.05, 0) is 31.2 Å². The Labute approximate surface area is 208 Å². The minimum atomic E-state index is -0.451. The van der Waals surface area contributed by atoms with E-state index in [9.17, 15) is 10.1 Å². The third-order valence-corrected chi connectivity index (χ3v) is 8.98. The molecule has 1 unspecified atom stereocenters. The molecule has 5 rings (SSSR count). The summed E-state index contributed by atoms with van der Waals surface area (Å²) in [7, 11) is 0. The molecule has 3 aliphatic rings. The van der Waals surface area contributed by atoms with Gasteiger partial charge in [0.05, 0.1) is 11.6 Å². The molecular formula is C26H27N5OS2. The maximum absolute atomic E-state index is 13.1. The molecular weight excluding hydrogens is 462 g/mol. The second-order valence-corrected chi connectivity index (χ2v) is 11.4. The van der Waals surface area contributed by atoms with Gasteiger partial charge in [-0.15, -0.1) is 10.2 Å². The zero-order valence-corrected chi connectivity index (χ0v) is 20.6. The molecule has 174 valence electrons. The number of Topliss-reactive ketones (excluding diaryl/α,β-unsaturated/α-hetero) is 1. The highest BCUT2D eigenvalue weighted by molar-refractivity contribution is 8.01. The lowest BCUT2D eigenvalue weighted by molar-refractivity contribution is -0.116. The van der Waals surface area contributed by atoms with Gasteiger partial charge in [-0.2, -0.15) is 5.26 Å². The Kier molecular flexibility index (Phi) is 6.84. The van der Waals surface area contributed by atoms with Gasteiger partial charge < -0.3 is 5.73 Å². The molecule has 1 fully saturated rings. The van der Waals surface area contributed by atoms with Crippen molar-refractivity contribution in [3.05, 3.63) is 64.6 Å². The fourth-order valence-electron chi connectivity index (χ4n) is 4.98. The zero-order valence-electron chi connectivity index (χ0n) is 18.9. The van der Waals surface area contributed by atoms with E-state index in [1.807, 2.05) is 47.4 Å². The first-order chi connectivity index (χ1) is 16.7. The van der Waals surface area contributed by atoms with Gasteiger partial charge in [0, 0.05) is 28.9 Å². The Morgan fingerprint density at radius 2 is 1.91 bits per heavy atom. The molecule has 0 bridgehead atoms. The summed E-state index contributed by atoms with van der Waals surface area (Å²) in [5.74, 6) is -0.0205. The number of thioether (sulfide) groups is 1. The fourth-order valence-corrected chi connectivity index (χ4v) is 7.36. The van der Waals surface area contributed by atoms with Crippen LogP contribution in [0.3, 0.4) is 0 Å². The van der Waals surface area contributed by atoms with Gasteiger partial charge in [0.1, 0.15) is 5.82 Å². The maximum Gasteiger partial charge on any atom is 0.219 e. The van der Waals surface area contributed by atoms with Crippen molar-refractivity contribution >= 4 is 40.1 Å². The first-order valence-corrected chi connectivity index (χ1v) is 13.5. The fraction of sp³-hybridized carbons (Fsp3) is 0.385. The summed E-state index contributed by atoms with van der Waals surface area (Å²) in [6.07, 6.45) is 12.1. The van der Waals surface area contributed by atoms with Crippen LogP contribution in [0.15, 0.2) is 63.4 Å². The molecule has 2 N–H and O–H groups in total. The number of nitrogens with two attached hydrogens (primary N) is 1. The third kappa shape index (κ3) is 4.55. The van der Waals surface area contributed by atoms with Crippen LogP contribution in [0, 0.1) is 17.2 Å². The second kappa shape index (κ2) is 10.2. The van der Waals surface area contributed by atoms with Crippen LogP contribution >= 0.6 is 23.1 Å². The van der Waals surface area contributed by atoms with Crippen molar-refractivity contribution in [3.8, 4) is 6.07 Å². The lowest BCUT2D eigenvalue weighted by Crippen LogP contribution is -2.39. The minimum absolute atomic E-state index is 0.0792. The predicted molar refractivity (Wildman–Crippen MR) is 137 cm³/mol. The van der Waals surface area contributed by atoms with Crippen LogP contribution < -0.4 is 10.6 Å². The molecule has 1 saturated carbocycles.